The maximum atomic E-state index is 12.9. The van der Waals surface area contributed by atoms with Crippen molar-refractivity contribution in [1.29, 1.82) is 0 Å². The van der Waals surface area contributed by atoms with Crippen LogP contribution in [0.4, 0.5) is 0 Å². The lowest BCUT2D eigenvalue weighted by molar-refractivity contribution is 0.0948. The molecule has 0 aliphatic carbocycles. The lowest BCUT2D eigenvalue weighted by Gasteiger charge is -2.10. The highest BCUT2D eigenvalue weighted by molar-refractivity contribution is 6.33. The third-order valence-corrected chi connectivity index (χ3v) is 5.24. The minimum atomic E-state index is -0.277. The molecule has 0 spiro atoms. The lowest BCUT2D eigenvalue weighted by atomic mass is 10.1. The van der Waals surface area contributed by atoms with Crippen LogP contribution in [-0.4, -0.2) is 20.6 Å². The Labute approximate surface area is 179 Å². The van der Waals surface area contributed by atoms with Crippen molar-refractivity contribution in [2.24, 2.45) is 0 Å². The zero-order valence-electron chi connectivity index (χ0n) is 16.5. The van der Waals surface area contributed by atoms with Gasteiger partial charge in [-0.25, -0.2) is 4.98 Å². The van der Waals surface area contributed by atoms with E-state index >= 15 is 0 Å². The van der Waals surface area contributed by atoms with Gasteiger partial charge in [0.15, 0.2) is 0 Å². The summed E-state index contributed by atoms with van der Waals surface area (Å²) >= 11 is 6.28. The van der Waals surface area contributed by atoms with Crippen LogP contribution in [-0.2, 0) is 19.5 Å². The molecule has 0 bridgehead atoms. The molecular formula is C23H21ClN4O2. The number of aromatic nitrogens is 3. The summed E-state index contributed by atoms with van der Waals surface area (Å²) in [6, 6.07) is 17.5. The standard InChI is InChI=1S/C23H21ClN4O2/c1-16-21(22(27-30-16)18-9-5-6-10-19(18)24)23(29)26-15-20-25-12-14-28(20)13-11-17-7-3-2-4-8-17/h2-10,12,14H,11,13,15H2,1H3,(H,26,29). The number of nitrogens with one attached hydrogen (secondary N) is 1. The second kappa shape index (κ2) is 8.97. The van der Waals surface area contributed by atoms with Crippen molar-refractivity contribution >= 4 is 17.5 Å². The van der Waals surface area contributed by atoms with E-state index in [0.29, 0.717) is 34.1 Å². The average Bonchev–Trinajstić information content (AvgIpc) is 3.38. The van der Waals surface area contributed by atoms with Crippen molar-refractivity contribution in [3.63, 3.8) is 0 Å². The van der Waals surface area contributed by atoms with Crippen molar-refractivity contribution in [3.05, 3.63) is 94.7 Å². The van der Waals surface area contributed by atoms with E-state index in [1.165, 1.54) is 5.56 Å². The number of hydrogen-bond acceptors (Lipinski definition) is 4. The molecule has 152 valence electrons. The second-order valence-electron chi connectivity index (χ2n) is 6.90. The molecule has 2 heterocycles. The Kier molecular flexibility index (Phi) is 5.95. The van der Waals surface area contributed by atoms with Gasteiger partial charge in [-0.3, -0.25) is 4.79 Å². The van der Waals surface area contributed by atoms with Gasteiger partial charge in [0.25, 0.3) is 5.91 Å². The number of imidazole rings is 1. The highest BCUT2D eigenvalue weighted by Gasteiger charge is 2.23. The van der Waals surface area contributed by atoms with Crippen LogP contribution in [0.5, 0.6) is 0 Å². The number of amides is 1. The van der Waals surface area contributed by atoms with Gasteiger partial charge in [-0.15, -0.1) is 0 Å². The quantitative estimate of drug-likeness (QED) is 0.471. The first-order chi connectivity index (χ1) is 14.6. The summed E-state index contributed by atoms with van der Waals surface area (Å²) in [7, 11) is 0. The van der Waals surface area contributed by atoms with E-state index in [1.54, 1.807) is 19.2 Å². The number of hydrogen-bond donors (Lipinski definition) is 1. The number of rotatable bonds is 7. The van der Waals surface area contributed by atoms with Crippen LogP contribution in [0.25, 0.3) is 11.3 Å². The van der Waals surface area contributed by atoms with Crippen LogP contribution in [0.2, 0.25) is 5.02 Å². The molecule has 30 heavy (non-hydrogen) atoms. The molecule has 0 saturated heterocycles. The van der Waals surface area contributed by atoms with E-state index in [1.807, 2.05) is 47.2 Å². The van der Waals surface area contributed by atoms with Crippen LogP contribution in [0.15, 0.2) is 71.5 Å². The van der Waals surface area contributed by atoms with Gasteiger partial charge < -0.3 is 14.4 Å². The predicted octanol–water partition coefficient (Wildman–Crippen LogP) is 4.67. The molecule has 2 aromatic carbocycles. The third kappa shape index (κ3) is 4.28. The number of aryl methyl sites for hydroxylation is 3. The van der Waals surface area contributed by atoms with Crippen LogP contribution in [0.3, 0.4) is 0 Å². The van der Waals surface area contributed by atoms with Gasteiger partial charge in [0, 0.05) is 24.5 Å². The molecule has 0 unspecified atom stereocenters. The predicted molar refractivity (Wildman–Crippen MR) is 115 cm³/mol. The SMILES string of the molecule is Cc1onc(-c2ccccc2Cl)c1C(=O)NCc1nccn1CCc1ccccc1. The molecule has 6 nitrogen and oxygen atoms in total. The largest absolute Gasteiger partial charge is 0.360 e. The molecule has 1 amide bonds. The van der Waals surface area contributed by atoms with Gasteiger partial charge in [0.05, 0.1) is 11.6 Å². The Morgan fingerprint density at radius 2 is 1.90 bits per heavy atom. The summed E-state index contributed by atoms with van der Waals surface area (Å²) in [6.07, 6.45) is 4.55. The Bertz CT molecular complexity index is 1150. The molecule has 4 aromatic rings. The van der Waals surface area contributed by atoms with Crippen molar-refractivity contribution < 1.29 is 9.32 Å². The van der Waals surface area contributed by atoms with Gasteiger partial charge in [-0.1, -0.05) is 65.3 Å². The second-order valence-corrected chi connectivity index (χ2v) is 7.30. The lowest BCUT2D eigenvalue weighted by Crippen LogP contribution is -2.25. The summed E-state index contributed by atoms with van der Waals surface area (Å²) in [5.74, 6) is 0.948. The van der Waals surface area contributed by atoms with Gasteiger partial charge in [0.1, 0.15) is 22.8 Å². The molecule has 0 aliphatic heterocycles. The summed E-state index contributed by atoms with van der Waals surface area (Å²) in [5.41, 5.74) is 2.73. The van der Waals surface area contributed by atoms with Crippen LogP contribution in [0.1, 0.15) is 27.5 Å². The maximum Gasteiger partial charge on any atom is 0.257 e. The summed E-state index contributed by atoms with van der Waals surface area (Å²) < 4.78 is 7.33. The summed E-state index contributed by atoms with van der Waals surface area (Å²) in [5, 5.41) is 7.49. The van der Waals surface area contributed by atoms with E-state index < -0.39 is 0 Å². The number of carbonyl (C=O) groups excluding carboxylic acids is 1. The first kappa shape index (κ1) is 19.9. The van der Waals surface area contributed by atoms with Crippen LogP contribution in [0, 0.1) is 6.92 Å². The van der Waals surface area contributed by atoms with E-state index in [9.17, 15) is 4.79 Å². The minimum Gasteiger partial charge on any atom is -0.360 e. The van der Waals surface area contributed by atoms with Crippen molar-refractivity contribution in [1.82, 2.24) is 20.0 Å². The highest BCUT2D eigenvalue weighted by Crippen LogP contribution is 2.30. The molecule has 0 saturated carbocycles. The van der Waals surface area contributed by atoms with E-state index in [4.69, 9.17) is 16.1 Å². The van der Waals surface area contributed by atoms with Gasteiger partial charge in [0.2, 0.25) is 0 Å². The number of halogens is 1. The molecule has 0 fully saturated rings. The van der Waals surface area contributed by atoms with Crippen LogP contribution >= 0.6 is 11.6 Å². The maximum absolute atomic E-state index is 12.9. The summed E-state index contributed by atoms with van der Waals surface area (Å²) in [4.78, 5) is 17.3. The van der Waals surface area contributed by atoms with E-state index in [2.05, 4.69) is 27.6 Å². The average molecular weight is 421 g/mol. The fourth-order valence-electron chi connectivity index (χ4n) is 3.33. The topological polar surface area (TPSA) is 73.0 Å². The molecule has 7 heteroatoms. The van der Waals surface area contributed by atoms with E-state index in [-0.39, 0.29) is 5.91 Å². The Morgan fingerprint density at radius 3 is 2.70 bits per heavy atom. The van der Waals surface area contributed by atoms with E-state index in [0.717, 1.165) is 18.8 Å². The minimum absolute atomic E-state index is 0.277. The van der Waals surface area contributed by atoms with Gasteiger partial charge >= 0.3 is 0 Å². The Morgan fingerprint density at radius 1 is 1.13 bits per heavy atom. The van der Waals surface area contributed by atoms with Gasteiger partial charge in [-0.2, -0.15) is 0 Å². The molecule has 4 rings (SSSR count). The molecular weight excluding hydrogens is 400 g/mol. The zero-order chi connectivity index (χ0) is 20.9. The zero-order valence-corrected chi connectivity index (χ0v) is 17.3. The molecule has 1 N–H and O–H groups in total. The fourth-order valence-corrected chi connectivity index (χ4v) is 3.55. The van der Waals surface area contributed by atoms with Crippen molar-refractivity contribution in [2.45, 2.75) is 26.4 Å². The molecule has 0 radical (unpaired) electrons. The third-order valence-electron chi connectivity index (χ3n) is 4.91. The number of carbonyl (C=O) groups is 1. The monoisotopic (exact) mass is 420 g/mol. The number of nitrogens with zero attached hydrogens (tertiary/aromatic N) is 3. The molecule has 0 aliphatic rings. The first-order valence-corrected chi connectivity index (χ1v) is 10.0. The Hall–Kier alpha value is -3.38. The van der Waals surface area contributed by atoms with Crippen molar-refractivity contribution in [3.8, 4) is 11.3 Å². The van der Waals surface area contributed by atoms with Crippen molar-refractivity contribution in [2.75, 3.05) is 0 Å². The molecule has 0 atom stereocenters. The Balaban J connectivity index is 1.46. The normalized spacial score (nSPS) is 10.9. The van der Waals surface area contributed by atoms with Crippen LogP contribution < -0.4 is 5.32 Å². The number of benzene rings is 2. The molecule has 2 aromatic heterocycles. The fraction of sp³-hybridized carbons (Fsp3) is 0.174. The smallest absolute Gasteiger partial charge is 0.257 e. The summed E-state index contributed by atoms with van der Waals surface area (Å²) in [6.45, 7) is 2.79. The first-order valence-electron chi connectivity index (χ1n) is 9.67. The highest BCUT2D eigenvalue weighted by atomic mass is 35.5. The van der Waals surface area contributed by atoms with Gasteiger partial charge in [-0.05, 0) is 25.0 Å².